The van der Waals surface area contributed by atoms with Gasteiger partial charge >= 0.3 is 18.1 Å². The number of alkyl halides is 3. The number of nitro benzene ring substituents is 1. The summed E-state index contributed by atoms with van der Waals surface area (Å²) in [7, 11) is 1.48. The van der Waals surface area contributed by atoms with Crippen molar-refractivity contribution in [3.05, 3.63) is 86.2 Å². The number of rotatable bonds is 12. The van der Waals surface area contributed by atoms with E-state index in [0.29, 0.717) is 30.3 Å². The molecule has 0 aromatic heterocycles. The van der Waals surface area contributed by atoms with Crippen molar-refractivity contribution in [2.24, 2.45) is 0 Å². The van der Waals surface area contributed by atoms with Crippen LogP contribution in [0, 0.1) is 10.1 Å². The Kier molecular flexibility index (Phi) is 9.59. The van der Waals surface area contributed by atoms with Crippen LogP contribution in [0.4, 0.5) is 18.9 Å². The number of carbonyl (C=O) groups excluding carboxylic acids is 2. The van der Waals surface area contributed by atoms with E-state index in [4.69, 9.17) is 23.7 Å². The number of nitro groups is 1. The van der Waals surface area contributed by atoms with E-state index in [1.54, 1.807) is 18.2 Å². The highest BCUT2D eigenvalue weighted by Crippen LogP contribution is 2.44. The minimum atomic E-state index is -5.04. The molecule has 11 nitrogen and oxygen atoms in total. The van der Waals surface area contributed by atoms with Crippen LogP contribution in [-0.4, -0.2) is 62.7 Å². The number of allylic oxidation sites excluding steroid dienone is 2. The molecule has 1 fully saturated rings. The molecule has 2 aliphatic heterocycles. The number of nitrogens with zero attached hydrogens (tertiary/aromatic N) is 1. The van der Waals surface area contributed by atoms with E-state index in [9.17, 15) is 32.9 Å². The van der Waals surface area contributed by atoms with Gasteiger partial charge in [-0.2, -0.15) is 13.2 Å². The topological polar surface area (TPSA) is 139 Å². The summed E-state index contributed by atoms with van der Waals surface area (Å²) in [5.74, 6) is -3.06. The number of methoxy groups -OCH3 is 1. The monoisotopic (exact) mass is 606 g/mol. The van der Waals surface area contributed by atoms with Crippen LogP contribution in [0.5, 0.6) is 11.5 Å². The lowest BCUT2D eigenvalue weighted by Crippen LogP contribution is -2.38. The van der Waals surface area contributed by atoms with Crippen LogP contribution < -0.4 is 14.8 Å². The predicted molar refractivity (Wildman–Crippen MR) is 144 cm³/mol. The van der Waals surface area contributed by atoms with Crippen LogP contribution in [0.15, 0.2) is 65.0 Å². The first-order valence-corrected chi connectivity index (χ1v) is 13.2. The van der Waals surface area contributed by atoms with Crippen LogP contribution >= 0.6 is 0 Å². The van der Waals surface area contributed by atoms with Gasteiger partial charge in [0.05, 0.1) is 48.9 Å². The molecule has 0 aliphatic carbocycles. The molecule has 2 aliphatic rings. The first-order valence-electron chi connectivity index (χ1n) is 13.2. The van der Waals surface area contributed by atoms with Gasteiger partial charge in [0.15, 0.2) is 11.5 Å². The van der Waals surface area contributed by atoms with Crippen LogP contribution in [0.1, 0.15) is 30.9 Å². The summed E-state index contributed by atoms with van der Waals surface area (Å²) in [5.41, 5.74) is -2.71. The molecule has 230 valence electrons. The number of ether oxygens (including phenoxy) is 5. The molecule has 2 atom stereocenters. The number of hydrogen-bond acceptors (Lipinski definition) is 10. The first kappa shape index (κ1) is 31.3. The molecule has 2 heterocycles. The second-order valence-corrected chi connectivity index (χ2v) is 9.59. The van der Waals surface area contributed by atoms with Crippen molar-refractivity contribution in [2.45, 2.75) is 38.5 Å². The number of hydrogen-bond donors (Lipinski definition) is 1. The molecule has 0 amide bonds. The van der Waals surface area contributed by atoms with Gasteiger partial charge in [-0.1, -0.05) is 18.2 Å². The van der Waals surface area contributed by atoms with Crippen molar-refractivity contribution in [2.75, 3.05) is 33.5 Å². The van der Waals surface area contributed by atoms with E-state index in [1.807, 2.05) is 0 Å². The summed E-state index contributed by atoms with van der Waals surface area (Å²) < 4.78 is 69.1. The number of nitrogens with one attached hydrogen (secondary N) is 1. The molecule has 0 spiro atoms. The van der Waals surface area contributed by atoms with Gasteiger partial charge in [-0.05, 0) is 37.1 Å². The third kappa shape index (κ3) is 7.44. The normalized spacial score (nSPS) is 18.1. The van der Waals surface area contributed by atoms with Crippen LogP contribution in [0.25, 0.3) is 0 Å². The zero-order valence-electron chi connectivity index (χ0n) is 23.5. The number of halogens is 3. The number of esters is 2. The summed E-state index contributed by atoms with van der Waals surface area (Å²) in [6, 6.07) is 9.84. The van der Waals surface area contributed by atoms with Gasteiger partial charge in [-0.3, -0.25) is 10.1 Å². The number of carbonyl (C=O) groups is 2. The predicted octanol–water partition coefficient (Wildman–Crippen LogP) is 4.51. The Balaban J connectivity index is 1.62. The fourth-order valence-corrected chi connectivity index (χ4v) is 4.57. The molecule has 1 saturated heterocycles. The molecule has 4 rings (SSSR count). The summed E-state index contributed by atoms with van der Waals surface area (Å²) in [4.78, 5) is 37.1. The Morgan fingerprint density at radius 3 is 2.44 bits per heavy atom. The van der Waals surface area contributed by atoms with Crippen molar-refractivity contribution in [1.82, 2.24) is 5.32 Å². The highest BCUT2D eigenvalue weighted by molar-refractivity contribution is 6.00. The lowest BCUT2D eigenvalue weighted by Gasteiger charge is -2.32. The van der Waals surface area contributed by atoms with Gasteiger partial charge in [-0.15, -0.1) is 0 Å². The molecule has 0 radical (unpaired) electrons. The second kappa shape index (κ2) is 13.2. The zero-order chi connectivity index (χ0) is 31.3. The SMILES string of the molecule is CCOC(=O)C1=C(C(F)(F)F)NC(C)=C(C(=O)OCCc2ccc(OCC3CO3)c(OC)c2)C1c1cccc([N+](=O)[O-])c1. The average molecular weight is 607 g/mol. The fourth-order valence-electron chi connectivity index (χ4n) is 4.57. The first-order chi connectivity index (χ1) is 20.4. The minimum Gasteiger partial charge on any atom is -0.493 e. The summed E-state index contributed by atoms with van der Waals surface area (Å²) in [6.45, 7) is 3.22. The molecule has 14 heteroatoms. The third-order valence-corrected chi connectivity index (χ3v) is 6.66. The number of dihydropyridines is 1. The van der Waals surface area contributed by atoms with Gasteiger partial charge in [0, 0.05) is 24.3 Å². The third-order valence-electron chi connectivity index (χ3n) is 6.66. The maximum absolute atomic E-state index is 14.2. The Bertz CT molecular complexity index is 1470. The van der Waals surface area contributed by atoms with Gasteiger partial charge in [0.1, 0.15) is 18.4 Å². The van der Waals surface area contributed by atoms with Gasteiger partial charge in [0.25, 0.3) is 5.69 Å². The largest absolute Gasteiger partial charge is 0.493 e. The molecule has 2 unspecified atom stereocenters. The molecular formula is C29H29F3N2O9. The van der Waals surface area contributed by atoms with E-state index >= 15 is 0 Å². The van der Waals surface area contributed by atoms with E-state index in [1.165, 1.54) is 33.1 Å². The summed E-state index contributed by atoms with van der Waals surface area (Å²) in [6.07, 6.45) is -4.78. The Morgan fingerprint density at radius 2 is 1.81 bits per heavy atom. The Morgan fingerprint density at radius 1 is 1.09 bits per heavy atom. The Labute approximate surface area is 244 Å². The standard InChI is InChI=1S/C29H29F3N2O9/c1-4-40-28(36)25-24(18-6-5-7-19(13-18)34(37)38)23(16(2)33-26(25)29(30,31)32)27(35)41-11-10-17-8-9-21(22(12-17)39-3)43-15-20-14-42-20/h5-9,12-13,20,24,33H,4,10-11,14-15H2,1-3H3. The van der Waals surface area contributed by atoms with Gasteiger partial charge in [-0.25, -0.2) is 9.59 Å². The quantitative estimate of drug-likeness (QED) is 0.159. The van der Waals surface area contributed by atoms with E-state index in [0.717, 1.165) is 12.1 Å². The molecule has 2 aromatic rings. The van der Waals surface area contributed by atoms with Crippen molar-refractivity contribution in [1.29, 1.82) is 0 Å². The minimum absolute atomic E-state index is 0.0492. The van der Waals surface area contributed by atoms with Gasteiger partial charge in [0.2, 0.25) is 0 Å². The van der Waals surface area contributed by atoms with Crippen LogP contribution in [0.2, 0.25) is 0 Å². The van der Waals surface area contributed by atoms with E-state index in [2.05, 4.69) is 5.32 Å². The van der Waals surface area contributed by atoms with Crippen LogP contribution in [-0.2, 0) is 30.2 Å². The highest BCUT2D eigenvalue weighted by atomic mass is 19.4. The van der Waals surface area contributed by atoms with Crippen molar-refractivity contribution >= 4 is 17.6 Å². The molecule has 43 heavy (non-hydrogen) atoms. The maximum Gasteiger partial charge on any atom is 0.431 e. The fraction of sp³-hybridized carbons (Fsp3) is 0.379. The number of non-ortho nitro benzene ring substituents is 1. The number of epoxide rings is 1. The maximum atomic E-state index is 14.2. The smallest absolute Gasteiger partial charge is 0.431 e. The zero-order valence-corrected chi connectivity index (χ0v) is 23.5. The van der Waals surface area contributed by atoms with E-state index < -0.39 is 45.9 Å². The molecular weight excluding hydrogens is 577 g/mol. The van der Waals surface area contributed by atoms with Gasteiger partial charge < -0.3 is 29.0 Å². The molecule has 0 bridgehead atoms. The average Bonchev–Trinajstić information content (AvgIpc) is 3.80. The van der Waals surface area contributed by atoms with Crippen LogP contribution in [0.3, 0.4) is 0 Å². The Hall–Kier alpha value is -4.59. The van der Waals surface area contributed by atoms with Crippen molar-refractivity contribution < 1.29 is 51.4 Å². The van der Waals surface area contributed by atoms with E-state index in [-0.39, 0.29) is 42.6 Å². The highest BCUT2D eigenvalue weighted by Gasteiger charge is 2.47. The lowest BCUT2D eigenvalue weighted by molar-refractivity contribution is -0.384. The summed E-state index contributed by atoms with van der Waals surface area (Å²) in [5, 5.41) is 13.6. The summed E-state index contributed by atoms with van der Waals surface area (Å²) >= 11 is 0. The number of benzene rings is 2. The lowest BCUT2D eigenvalue weighted by atomic mass is 9.80. The molecule has 1 N–H and O–H groups in total. The van der Waals surface area contributed by atoms with Crippen molar-refractivity contribution in [3.63, 3.8) is 0 Å². The van der Waals surface area contributed by atoms with Crippen molar-refractivity contribution in [3.8, 4) is 11.5 Å². The molecule has 2 aromatic carbocycles. The second-order valence-electron chi connectivity index (χ2n) is 9.59. The molecule has 0 saturated carbocycles.